The van der Waals surface area contributed by atoms with Crippen LogP contribution in [0.4, 0.5) is 0 Å². The van der Waals surface area contributed by atoms with Gasteiger partial charge in [0.2, 0.25) is 0 Å². The summed E-state index contributed by atoms with van der Waals surface area (Å²) < 4.78 is 5.16. The monoisotopic (exact) mass is 302 g/mol. The van der Waals surface area contributed by atoms with E-state index in [1.807, 2.05) is 24.3 Å². The minimum Gasteiger partial charge on any atom is -0.507 e. The van der Waals surface area contributed by atoms with Crippen LogP contribution in [0.15, 0.2) is 53.2 Å². The van der Waals surface area contributed by atoms with Crippen molar-refractivity contribution in [2.24, 2.45) is 0 Å². The molecule has 0 bridgehead atoms. The van der Waals surface area contributed by atoms with Crippen LogP contribution in [0.25, 0.3) is 0 Å². The van der Waals surface area contributed by atoms with E-state index in [2.05, 4.69) is 22.9 Å². The van der Waals surface area contributed by atoms with Crippen molar-refractivity contribution in [1.29, 1.82) is 0 Å². The highest BCUT2D eigenvalue weighted by Gasteiger charge is 2.22. The van der Waals surface area contributed by atoms with Gasteiger partial charge >= 0.3 is 0 Å². The smallest absolute Gasteiger partial charge is 0.123 e. The quantitative estimate of drug-likeness (QED) is 0.756. The van der Waals surface area contributed by atoms with Crippen molar-refractivity contribution >= 4 is 22.7 Å². The van der Waals surface area contributed by atoms with Gasteiger partial charge in [-0.1, -0.05) is 18.2 Å². The third-order valence-electron chi connectivity index (χ3n) is 3.20. The molecule has 0 spiro atoms. The standard InChI is InChI=1S/C16H14O2S2/c1-18-11-6-7-12(13(17)10-11)16(14-4-2-8-19-14)15-5-3-9-20-15/h2-10,16-17H,1H3. The largest absolute Gasteiger partial charge is 0.507 e. The molecule has 0 aliphatic rings. The molecule has 0 aliphatic carbocycles. The lowest BCUT2D eigenvalue weighted by Crippen LogP contribution is -2.00. The summed E-state index contributed by atoms with van der Waals surface area (Å²) in [6, 6.07) is 13.8. The lowest BCUT2D eigenvalue weighted by Gasteiger charge is -2.16. The van der Waals surface area contributed by atoms with Crippen molar-refractivity contribution in [2.75, 3.05) is 7.11 Å². The van der Waals surface area contributed by atoms with Crippen LogP contribution in [0.1, 0.15) is 21.2 Å². The Morgan fingerprint density at radius 2 is 1.65 bits per heavy atom. The van der Waals surface area contributed by atoms with Gasteiger partial charge in [-0.25, -0.2) is 0 Å². The number of rotatable bonds is 4. The van der Waals surface area contributed by atoms with Crippen LogP contribution in [0.2, 0.25) is 0 Å². The van der Waals surface area contributed by atoms with Gasteiger partial charge in [-0.15, -0.1) is 22.7 Å². The molecule has 1 N–H and O–H groups in total. The Labute approximate surface area is 125 Å². The Morgan fingerprint density at radius 3 is 2.10 bits per heavy atom. The maximum absolute atomic E-state index is 10.3. The van der Waals surface area contributed by atoms with E-state index >= 15 is 0 Å². The number of hydrogen-bond acceptors (Lipinski definition) is 4. The average molecular weight is 302 g/mol. The van der Waals surface area contributed by atoms with Gasteiger partial charge in [-0.2, -0.15) is 0 Å². The predicted molar refractivity (Wildman–Crippen MR) is 84.2 cm³/mol. The summed E-state index contributed by atoms with van der Waals surface area (Å²) in [5, 5.41) is 14.5. The average Bonchev–Trinajstić information content (AvgIpc) is 3.14. The third kappa shape index (κ3) is 2.44. The first-order valence-electron chi connectivity index (χ1n) is 6.23. The summed E-state index contributed by atoms with van der Waals surface area (Å²) in [6.45, 7) is 0. The zero-order chi connectivity index (χ0) is 13.9. The number of methoxy groups -OCH3 is 1. The van der Waals surface area contributed by atoms with Crippen LogP contribution in [0.3, 0.4) is 0 Å². The molecule has 1 aromatic carbocycles. The molecule has 102 valence electrons. The molecule has 0 radical (unpaired) electrons. The lowest BCUT2D eigenvalue weighted by molar-refractivity contribution is 0.406. The SMILES string of the molecule is COc1ccc(C(c2cccs2)c2cccs2)c(O)c1. The first-order valence-corrected chi connectivity index (χ1v) is 7.99. The van der Waals surface area contributed by atoms with Crippen LogP contribution >= 0.6 is 22.7 Å². The molecule has 0 aliphatic heterocycles. The molecule has 0 atom stereocenters. The van der Waals surface area contributed by atoms with Gasteiger partial charge in [-0.3, -0.25) is 0 Å². The van der Waals surface area contributed by atoms with Crippen LogP contribution in [-0.2, 0) is 0 Å². The minimum absolute atomic E-state index is 0.0842. The number of aromatic hydroxyl groups is 1. The lowest BCUT2D eigenvalue weighted by atomic mass is 9.94. The van der Waals surface area contributed by atoms with E-state index in [-0.39, 0.29) is 11.7 Å². The molecule has 0 amide bonds. The molecule has 3 aromatic rings. The Bertz CT molecular complexity index is 638. The second-order valence-corrected chi connectivity index (χ2v) is 6.35. The van der Waals surface area contributed by atoms with Gasteiger partial charge in [0.25, 0.3) is 0 Å². The van der Waals surface area contributed by atoms with E-state index in [1.165, 1.54) is 9.75 Å². The van der Waals surface area contributed by atoms with Crippen molar-refractivity contribution in [1.82, 2.24) is 0 Å². The molecule has 3 rings (SSSR count). The van der Waals surface area contributed by atoms with E-state index in [1.54, 1.807) is 35.8 Å². The molecule has 0 fully saturated rings. The van der Waals surface area contributed by atoms with Crippen LogP contribution < -0.4 is 4.74 Å². The summed E-state index contributed by atoms with van der Waals surface area (Å²) >= 11 is 3.41. The number of thiophene rings is 2. The molecule has 0 saturated heterocycles. The molecule has 0 saturated carbocycles. The molecular formula is C16H14O2S2. The number of phenols is 1. The fraction of sp³-hybridized carbons (Fsp3) is 0.125. The van der Waals surface area contributed by atoms with E-state index in [0.29, 0.717) is 5.75 Å². The fourth-order valence-electron chi connectivity index (χ4n) is 2.25. The third-order valence-corrected chi connectivity index (χ3v) is 5.08. The van der Waals surface area contributed by atoms with Gasteiger partial charge < -0.3 is 9.84 Å². The molecular weight excluding hydrogens is 288 g/mol. The first kappa shape index (κ1) is 13.2. The maximum Gasteiger partial charge on any atom is 0.123 e. The predicted octanol–water partition coefficient (Wildman–Crippen LogP) is 4.70. The highest BCUT2D eigenvalue weighted by Crippen LogP contribution is 2.41. The Hall–Kier alpha value is -1.78. The van der Waals surface area contributed by atoms with Gasteiger partial charge in [0.05, 0.1) is 13.0 Å². The molecule has 4 heteroatoms. The number of benzene rings is 1. The Kier molecular flexibility index (Phi) is 3.76. The topological polar surface area (TPSA) is 29.5 Å². The van der Waals surface area contributed by atoms with E-state index in [4.69, 9.17) is 4.74 Å². The molecule has 2 heterocycles. The highest BCUT2D eigenvalue weighted by atomic mass is 32.1. The van der Waals surface area contributed by atoms with E-state index < -0.39 is 0 Å². The maximum atomic E-state index is 10.3. The zero-order valence-electron chi connectivity index (χ0n) is 10.9. The second-order valence-electron chi connectivity index (χ2n) is 4.39. The van der Waals surface area contributed by atoms with Crippen LogP contribution in [-0.4, -0.2) is 12.2 Å². The molecule has 0 unspecified atom stereocenters. The molecule has 2 nitrogen and oxygen atoms in total. The van der Waals surface area contributed by atoms with E-state index in [9.17, 15) is 5.11 Å². The Balaban J connectivity index is 2.11. The summed E-state index contributed by atoms with van der Waals surface area (Å²) in [4.78, 5) is 2.46. The van der Waals surface area contributed by atoms with Gasteiger partial charge in [-0.05, 0) is 29.0 Å². The zero-order valence-corrected chi connectivity index (χ0v) is 12.6. The second kappa shape index (κ2) is 5.69. The fourth-order valence-corrected chi connectivity index (χ4v) is 4.05. The van der Waals surface area contributed by atoms with Crippen LogP contribution in [0, 0.1) is 0 Å². The Morgan fingerprint density at radius 1 is 1.00 bits per heavy atom. The number of ether oxygens (including phenoxy) is 1. The van der Waals surface area contributed by atoms with E-state index in [0.717, 1.165) is 5.56 Å². The van der Waals surface area contributed by atoms with Gasteiger partial charge in [0, 0.05) is 21.4 Å². The summed E-state index contributed by atoms with van der Waals surface area (Å²) in [6.07, 6.45) is 0. The summed E-state index contributed by atoms with van der Waals surface area (Å²) in [5.41, 5.74) is 0.913. The van der Waals surface area contributed by atoms with Crippen molar-refractivity contribution in [3.63, 3.8) is 0 Å². The van der Waals surface area contributed by atoms with Crippen molar-refractivity contribution in [3.05, 3.63) is 68.5 Å². The van der Waals surface area contributed by atoms with Gasteiger partial charge in [0.1, 0.15) is 11.5 Å². The first-order chi connectivity index (χ1) is 9.79. The molecule has 20 heavy (non-hydrogen) atoms. The van der Waals surface area contributed by atoms with Crippen molar-refractivity contribution in [2.45, 2.75) is 5.92 Å². The summed E-state index contributed by atoms with van der Waals surface area (Å²) in [5.74, 6) is 1.03. The molecule has 2 aromatic heterocycles. The summed E-state index contributed by atoms with van der Waals surface area (Å²) in [7, 11) is 1.60. The number of hydrogen-bond donors (Lipinski definition) is 1. The van der Waals surface area contributed by atoms with Gasteiger partial charge in [0.15, 0.2) is 0 Å². The minimum atomic E-state index is 0.0842. The van der Waals surface area contributed by atoms with Crippen molar-refractivity contribution in [3.8, 4) is 11.5 Å². The normalized spacial score (nSPS) is 10.9. The van der Waals surface area contributed by atoms with Crippen molar-refractivity contribution < 1.29 is 9.84 Å². The number of phenolic OH excluding ortho intramolecular Hbond substituents is 1. The van der Waals surface area contributed by atoms with Crippen LogP contribution in [0.5, 0.6) is 11.5 Å². The highest BCUT2D eigenvalue weighted by molar-refractivity contribution is 7.11.